The van der Waals surface area contributed by atoms with Gasteiger partial charge in [-0.1, -0.05) is 43.1 Å². The molecule has 0 aliphatic rings. The average Bonchev–Trinajstić information content (AvgIpc) is 2.83. The number of hydrogen-bond donors (Lipinski definition) is 0. The van der Waals surface area contributed by atoms with Crippen LogP contribution in [0.1, 0.15) is 25.5 Å². The van der Waals surface area contributed by atoms with Crippen LogP contribution in [-0.4, -0.2) is 9.38 Å². The summed E-state index contributed by atoms with van der Waals surface area (Å²) >= 11 is 12.0. The van der Waals surface area contributed by atoms with Crippen LogP contribution in [0.4, 0.5) is 11.5 Å². The summed E-state index contributed by atoms with van der Waals surface area (Å²) < 4.78 is 1.92. The topological polar surface area (TPSA) is 42.0 Å². The molecule has 0 spiro atoms. The van der Waals surface area contributed by atoms with E-state index in [4.69, 9.17) is 23.2 Å². The van der Waals surface area contributed by atoms with E-state index in [2.05, 4.69) is 29.1 Å². The van der Waals surface area contributed by atoms with Crippen LogP contribution in [-0.2, 0) is 0 Å². The van der Waals surface area contributed by atoms with Crippen molar-refractivity contribution in [3.8, 4) is 0 Å². The lowest BCUT2D eigenvalue weighted by molar-refractivity contribution is 0.831. The van der Waals surface area contributed by atoms with E-state index in [1.807, 2.05) is 28.8 Å². The van der Waals surface area contributed by atoms with Crippen molar-refractivity contribution >= 4 is 40.4 Å². The molecule has 0 aliphatic heterocycles. The molecule has 1 aromatic carbocycles. The predicted molar refractivity (Wildman–Crippen MR) is 89.9 cm³/mol. The largest absolute Gasteiger partial charge is 0.283 e. The van der Waals surface area contributed by atoms with Gasteiger partial charge >= 0.3 is 0 Å². The summed E-state index contributed by atoms with van der Waals surface area (Å²) in [4.78, 5) is 4.62. The van der Waals surface area contributed by atoms with Gasteiger partial charge in [0.2, 0.25) is 0 Å². The van der Waals surface area contributed by atoms with Crippen LogP contribution in [0.5, 0.6) is 0 Å². The fourth-order valence-corrected chi connectivity index (χ4v) is 2.70. The van der Waals surface area contributed by atoms with Crippen LogP contribution in [0.3, 0.4) is 0 Å². The lowest BCUT2D eigenvalue weighted by Crippen LogP contribution is -1.87. The number of imidazole rings is 1. The first-order valence-corrected chi connectivity index (χ1v) is 7.65. The number of fused-ring (bicyclic) bond motifs is 1. The highest BCUT2D eigenvalue weighted by atomic mass is 35.5. The number of benzene rings is 1. The van der Waals surface area contributed by atoms with Gasteiger partial charge in [-0.15, -0.1) is 10.2 Å². The molecule has 0 atom stereocenters. The van der Waals surface area contributed by atoms with Gasteiger partial charge in [0, 0.05) is 16.2 Å². The molecule has 22 heavy (non-hydrogen) atoms. The van der Waals surface area contributed by atoms with Gasteiger partial charge < -0.3 is 0 Å². The third-order valence-electron chi connectivity index (χ3n) is 3.19. The fraction of sp³-hybridized carbons (Fsp3) is 0.188. The third kappa shape index (κ3) is 2.98. The normalized spacial score (nSPS) is 11.9. The van der Waals surface area contributed by atoms with Crippen molar-refractivity contribution in [1.82, 2.24) is 9.38 Å². The van der Waals surface area contributed by atoms with Crippen LogP contribution in [0.15, 0.2) is 52.8 Å². The molecule has 0 saturated heterocycles. The van der Waals surface area contributed by atoms with Crippen molar-refractivity contribution in [2.75, 3.05) is 0 Å². The first-order valence-electron chi connectivity index (χ1n) is 6.89. The van der Waals surface area contributed by atoms with Crippen LogP contribution in [0, 0.1) is 0 Å². The molecule has 6 heteroatoms. The number of nitrogens with zero attached hydrogens (tertiary/aromatic N) is 4. The Labute approximate surface area is 138 Å². The van der Waals surface area contributed by atoms with Crippen molar-refractivity contribution in [1.29, 1.82) is 0 Å². The number of aromatic nitrogens is 2. The molecule has 0 bridgehead atoms. The van der Waals surface area contributed by atoms with Crippen molar-refractivity contribution in [3.05, 3.63) is 58.3 Å². The second-order valence-electron chi connectivity index (χ2n) is 5.23. The van der Waals surface area contributed by atoms with Crippen LogP contribution in [0.25, 0.3) is 5.65 Å². The SMILES string of the molecule is CC(C)c1nc2ccccn2c1N=Nc1cc(Cl)cc(Cl)c1. The highest BCUT2D eigenvalue weighted by Crippen LogP contribution is 2.30. The molecule has 112 valence electrons. The summed E-state index contributed by atoms with van der Waals surface area (Å²) in [5.41, 5.74) is 2.37. The molecule has 0 aliphatic carbocycles. The molecule has 4 nitrogen and oxygen atoms in total. The Bertz CT molecular complexity index is 832. The monoisotopic (exact) mass is 332 g/mol. The maximum absolute atomic E-state index is 5.98. The molecular formula is C16H14Cl2N4. The smallest absolute Gasteiger partial charge is 0.183 e. The van der Waals surface area contributed by atoms with E-state index >= 15 is 0 Å². The molecule has 0 fully saturated rings. The Morgan fingerprint density at radius 2 is 1.77 bits per heavy atom. The third-order valence-corrected chi connectivity index (χ3v) is 3.62. The van der Waals surface area contributed by atoms with Gasteiger partial charge in [-0.3, -0.25) is 4.40 Å². The van der Waals surface area contributed by atoms with E-state index in [1.54, 1.807) is 18.2 Å². The molecule has 3 rings (SSSR count). The molecule has 0 amide bonds. The summed E-state index contributed by atoms with van der Waals surface area (Å²) in [7, 11) is 0. The summed E-state index contributed by atoms with van der Waals surface area (Å²) in [5, 5.41) is 9.70. The van der Waals surface area contributed by atoms with Crippen molar-refractivity contribution in [2.45, 2.75) is 19.8 Å². The van der Waals surface area contributed by atoms with Gasteiger partial charge in [-0.25, -0.2) is 4.98 Å². The van der Waals surface area contributed by atoms with E-state index in [9.17, 15) is 0 Å². The summed E-state index contributed by atoms with van der Waals surface area (Å²) in [6.07, 6.45) is 1.92. The number of hydrogen-bond acceptors (Lipinski definition) is 3. The van der Waals surface area contributed by atoms with Gasteiger partial charge in [-0.05, 0) is 36.2 Å². The van der Waals surface area contributed by atoms with Gasteiger partial charge in [-0.2, -0.15) is 0 Å². The van der Waals surface area contributed by atoms with Gasteiger partial charge in [0.05, 0.1) is 11.4 Å². The minimum Gasteiger partial charge on any atom is -0.283 e. The predicted octanol–water partition coefficient (Wildman–Crippen LogP) is 6.18. The van der Waals surface area contributed by atoms with Gasteiger partial charge in [0.25, 0.3) is 0 Å². The average molecular weight is 333 g/mol. The zero-order chi connectivity index (χ0) is 15.7. The van der Waals surface area contributed by atoms with Gasteiger partial charge in [0.15, 0.2) is 5.82 Å². The molecular weight excluding hydrogens is 319 g/mol. The Balaban J connectivity index is 2.09. The number of pyridine rings is 1. The zero-order valence-corrected chi connectivity index (χ0v) is 13.7. The quantitative estimate of drug-likeness (QED) is 0.528. The second kappa shape index (κ2) is 6.07. The van der Waals surface area contributed by atoms with E-state index < -0.39 is 0 Å². The minimum atomic E-state index is 0.247. The maximum atomic E-state index is 5.98. The molecule has 2 aromatic heterocycles. The van der Waals surface area contributed by atoms with E-state index in [1.165, 1.54) is 0 Å². The highest BCUT2D eigenvalue weighted by Gasteiger charge is 2.14. The van der Waals surface area contributed by atoms with Crippen LogP contribution < -0.4 is 0 Å². The zero-order valence-electron chi connectivity index (χ0n) is 12.2. The van der Waals surface area contributed by atoms with Crippen LogP contribution >= 0.6 is 23.2 Å². The first-order chi connectivity index (χ1) is 10.5. The Morgan fingerprint density at radius 1 is 1.05 bits per heavy atom. The highest BCUT2D eigenvalue weighted by molar-refractivity contribution is 6.35. The lowest BCUT2D eigenvalue weighted by Gasteiger charge is -2.01. The molecule has 2 heterocycles. The molecule has 0 radical (unpaired) electrons. The number of rotatable bonds is 3. The summed E-state index contributed by atoms with van der Waals surface area (Å²) in [6.45, 7) is 4.16. The van der Waals surface area contributed by atoms with Crippen molar-refractivity contribution in [3.63, 3.8) is 0 Å². The maximum Gasteiger partial charge on any atom is 0.183 e. The summed E-state index contributed by atoms with van der Waals surface area (Å²) in [6, 6.07) is 10.9. The molecule has 0 saturated carbocycles. The van der Waals surface area contributed by atoms with Crippen molar-refractivity contribution in [2.24, 2.45) is 10.2 Å². The van der Waals surface area contributed by atoms with Gasteiger partial charge in [0.1, 0.15) is 5.65 Å². The van der Waals surface area contributed by atoms with Crippen molar-refractivity contribution < 1.29 is 0 Å². The van der Waals surface area contributed by atoms with Crippen LogP contribution in [0.2, 0.25) is 10.0 Å². The molecule has 0 N–H and O–H groups in total. The second-order valence-corrected chi connectivity index (χ2v) is 6.10. The standard InChI is InChI=1S/C16H14Cl2N4/c1-10(2)15-16(22-6-4-3-5-14(22)19-15)21-20-13-8-11(17)7-12(18)9-13/h3-10H,1-2H3. The molecule has 0 unspecified atom stereocenters. The minimum absolute atomic E-state index is 0.247. The Morgan fingerprint density at radius 3 is 2.45 bits per heavy atom. The fourth-order valence-electron chi connectivity index (χ4n) is 2.19. The van der Waals surface area contributed by atoms with E-state index in [0.717, 1.165) is 17.2 Å². The Kier molecular flexibility index (Phi) is 4.14. The summed E-state index contributed by atoms with van der Waals surface area (Å²) in [5.74, 6) is 0.971. The first kappa shape index (κ1) is 15.0. The Hall–Kier alpha value is -1.91. The number of azo groups is 1. The van der Waals surface area contributed by atoms with E-state index in [0.29, 0.717) is 15.7 Å². The van der Waals surface area contributed by atoms with E-state index in [-0.39, 0.29) is 5.92 Å². The molecule has 3 aromatic rings. The number of halogens is 2. The lowest BCUT2D eigenvalue weighted by atomic mass is 10.1.